The molecule has 0 N–H and O–H groups in total. The first kappa shape index (κ1) is 27.7. The minimum absolute atomic E-state index is 0.0908. The third-order valence-electron chi connectivity index (χ3n) is 7.94. The second-order valence-electron chi connectivity index (χ2n) is 10.4. The van der Waals surface area contributed by atoms with E-state index in [9.17, 15) is 14.4 Å². The quantitative estimate of drug-likeness (QED) is 0.341. The van der Waals surface area contributed by atoms with E-state index < -0.39 is 0 Å². The van der Waals surface area contributed by atoms with Crippen LogP contribution in [0.5, 0.6) is 11.5 Å². The van der Waals surface area contributed by atoms with E-state index in [1.165, 1.54) is 16.2 Å². The van der Waals surface area contributed by atoms with Gasteiger partial charge in [-0.15, -0.1) is 11.3 Å². The predicted molar refractivity (Wildman–Crippen MR) is 155 cm³/mol. The number of amides is 3. The Labute approximate surface area is 239 Å². The summed E-state index contributed by atoms with van der Waals surface area (Å²) in [6, 6.07) is 14.8. The Balaban J connectivity index is 1.28. The Hall–Kier alpha value is -3.85. The Bertz CT molecular complexity index is 1410. The zero-order valence-electron chi connectivity index (χ0n) is 23.4. The van der Waals surface area contributed by atoms with Crippen molar-refractivity contribution in [2.45, 2.75) is 32.2 Å². The third-order valence-corrected chi connectivity index (χ3v) is 8.98. The largest absolute Gasteiger partial charge is 0.493 e. The minimum atomic E-state index is -0.338. The van der Waals surface area contributed by atoms with E-state index in [0.29, 0.717) is 42.1 Å². The number of rotatable bonds is 9. The maximum Gasteiger partial charge on any atom is 0.264 e. The van der Waals surface area contributed by atoms with Crippen molar-refractivity contribution < 1.29 is 23.9 Å². The molecule has 3 amide bonds. The summed E-state index contributed by atoms with van der Waals surface area (Å²) in [4.78, 5) is 46.7. The number of benzene rings is 2. The van der Waals surface area contributed by atoms with Crippen LogP contribution in [-0.2, 0) is 11.2 Å². The fourth-order valence-corrected chi connectivity index (χ4v) is 6.48. The fraction of sp³-hybridized carbons (Fsp3) is 0.387. The lowest BCUT2D eigenvalue weighted by Gasteiger charge is -2.36. The van der Waals surface area contributed by atoms with Crippen LogP contribution in [0.2, 0.25) is 0 Å². The molecular weight excluding hydrogens is 526 g/mol. The lowest BCUT2D eigenvalue weighted by Crippen LogP contribution is -2.44. The smallest absolute Gasteiger partial charge is 0.264 e. The van der Waals surface area contributed by atoms with Gasteiger partial charge in [-0.2, -0.15) is 0 Å². The summed E-state index contributed by atoms with van der Waals surface area (Å²) in [7, 11) is 5.06. The predicted octanol–water partition coefficient (Wildman–Crippen LogP) is 5.04. The van der Waals surface area contributed by atoms with Crippen LogP contribution in [0.4, 0.5) is 5.69 Å². The topological polar surface area (TPSA) is 79.4 Å². The fourth-order valence-electron chi connectivity index (χ4n) is 5.71. The molecule has 0 bridgehead atoms. The first-order chi connectivity index (χ1) is 19.3. The van der Waals surface area contributed by atoms with Crippen LogP contribution in [0.25, 0.3) is 0 Å². The van der Waals surface area contributed by atoms with Crippen LogP contribution in [-0.4, -0.2) is 68.4 Å². The molecule has 0 radical (unpaired) electrons. The number of fused-ring (bicyclic) bond motifs is 1. The van der Waals surface area contributed by atoms with Gasteiger partial charge in [0.1, 0.15) is 0 Å². The molecule has 2 aliphatic heterocycles. The van der Waals surface area contributed by atoms with Gasteiger partial charge in [0.15, 0.2) is 11.5 Å². The van der Waals surface area contributed by atoms with E-state index >= 15 is 0 Å². The third kappa shape index (κ3) is 5.18. The lowest BCUT2D eigenvalue weighted by atomic mass is 9.94. The molecule has 210 valence electrons. The first-order valence-corrected chi connectivity index (χ1v) is 14.5. The van der Waals surface area contributed by atoms with E-state index in [4.69, 9.17) is 9.47 Å². The molecule has 2 aromatic carbocycles. The molecule has 2 atom stereocenters. The van der Waals surface area contributed by atoms with Crippen molar-refractivity contribution >= 4 is 34.7 Å². The van der Waals surface area contributed by atoms with E-state index in [1.54, 1.807) is 25.2 Å². The maximum atomic E-state index is 13.6. The number of carbonyl (C=O) groups excluding carboxylic acids is 3. The van der Waals surface area contributed by atoms with E-state index in [1.807, 2.05) is 61.8 Å². The summed E-state index contributed by atoms with van der Waals surface area (Å²) in [5, 5.41) is 1.95. The zero-order valence-corrected chi connectivity index (χ0v) is 24.2. The number of likely N-dealkylation sites (N-methyl/N-ethyl adjacent to an activating group) is 1. The van der Waals surface area contributed by atoms with Gasteiger partial charge in [-0.25, -0.2) is 0 Å². The van der Waals surface area contributed by atoms with Gasteiger partial charge in [-0.05, 0) is 67.5 Å². The normalized spacial score (nSPS) is 17.6. The van der Waals surface area contributed by atoms with Gasteiger partial charge in [-0.3, -0.25) is 19.3 Å². The van der Waals surface area contributed by atoms with Crippen molar-refractivity contribution in [3.8, 4) is 11.5 Å². The number of imide groups is 1. The number of ether oxygens (including phenoxy) is 2. The first-order valence-electron chi connectivity index (χ1n) is 13.6. The highest BCUT2D eigenvalue weighted by Crippen LogP contribution is 2.38. The summed E-state index contributed by atoms with van der Waals surface area (Å²) in [6.45, 7) is 3.71. The molecule has 2 aliphatic rings. The van der Waals surface area contributed by atoms with E-state index in [2.05, 4.69) is 4.90 Å². The Morgan fingerprint density at radius 3 is 2.60 bits per heavy atom. The average molecular weight is 562 g/mol. The van der Waals surface area contributed by atoms with Gasteiger partial charge >= 0.3 is 0 Å². The molecule has 1 fully saturated rings. The SMILES string of the molecule is COc1ccc(CCN(C)C(=O)[C@H]2CCCN(c3cccc4c3C(=O)N([C@H](C)c3cccs3)C4=O)C2)cc1OC. The van der Waals surface area contributed by atoms with Crippen LogP contribution >= 0.6 is 11.3 Å². The van der Waals surface area contributed by atoms with Gasteiger partial charge in [-0.1, -0.05) is 18.2 Å². The number of hydrogen-bond donors (Lipinski definition) is 0. The van der Waals surface area contributed by atoms with Crippen molar-refractivity contribution in [2.24, 2.45) is 5.92 Å². The highest BCUT2D eigenvalue weighted by molar-refractivity contribution is 7.10. The Kier molecular flexibility index (Phi) is 8.12. The minimum Gasteiger partial charge on any atom is -0.493 e. The van der Waals surface area contributed by atoms with Crippen molar-refractivity contribution in [2.75, 3.05) is 45.8 Å². The van der Waals surface area contributed by atoms with Crippen LogP contribution in [0.3, 0.4) is 0 Å². The van der Waals surface area contributed by atoms with E-state index in [0.717, 1.165) is 35.5 Å². The second kappa shape index (κ2) is 11.7. The summed E-state index contributed by atoms with van der Waals surface area (Å²) < 4.78 is 10.7. The molecule has 9 heteroatoms. The summed E-state index contributed by atoms with van der Waals surface area (Å²) in [6.07, 6.45) is 2.32. The molecular formula is C31H35N3O5S. The number of methoxy groups -OCH3 is 2. The van der Waals surface area contributed by atoms with Crippen LogP contribution in [0.1, 0.15) is 57.0 Å². The van der Waals surface area contributed by atoms with Crippen LogP contribution in [0, 0.1) is 5.92 Å². The van der Waals surface area contributed by atoms with Crippen molar-refractivity contribution in [1.29, 1.82) is 0 Å². The van der Waals surface area contributed by atoms with Gasteiger partial charge < -0.3 is 19.3 Å². The molecule has 3 aromatic rings. The highest BCUT2D eigenvalue weighted by Gasteiger charge is 2.42. The summed E-state index contributed by atoms with van der Waals surface area (Å²) in [5.74, 6) is 0.721. The van der Waals surface area contributed by atoms with Crippen molar-refractivity contribution in [3.05, 3.63) is 75.5 Å². The molecule has 0 saturated carbocycles. The number of anilines is 1. The number of thiophene rings is 1. The molecule has 1 aromatic heterocycles. The van der Waals surface area contributed by atoms with Crippen molar-refractivity contribution in [3.63, 3.8) is 0 Å². The Morgan fingerprint density at radius 1 is 1.07 bits per heavy atom. The highest BCUT2D eigenvalue weighted by atomic mass is 32.1. The number of nitrogens with zero attached hydrogens (tertiary/aromatic N) is 3. The van der Waals surface area contributed by atoms with E-state index in [-0.39, 0.29) is 29.7 Å². The lowest BCUT2D eigenvalue weighted by molar-refractivity contribution is -0.134. The molecule has 3 heterocycles. The number of piperidine rings is 1. The van der Waals surface area contributed by atoms with Gasteiger partial charge in [0, 0.05) is 31.6 Å². The zero-order chi connectivity index (χ0) is 28.4. The van der Waals surface area contributed by atoms with Crippen molar-refractivity contribution in [1.82, 2.24) is 9.80 Å². The molecule has 8 nitrogen and oxygen atoms in total. The molecule has 1 saturated heterocycles. The monoisotopic (exact) mass is 561 g/mol. The second-order valence-corrected chi connectivity index (χ2v) is 11.3. The number of carbonyl (C=O) groups is 3. The standard InChI is InChI=1S/C31H35N3O5S/c1-20(27-11-7-17-40-27)34-30(36)23-9-5-10-24(28(23)31(34)37)33-15-6-8-22(19-33)29(35)32(2)16-14-21-12-13-25(38-3)26(18-21)39-4/h5,7,9-13,17-18,20,22H,6,8,14-16,19H2,1-4H3/t20-,22+/m1/s1. The number of hydrogen-bond acceptors (Lipinski definition) is 7. The summed E-state index contributed by atoms with van der Waals surface area (Å²) in [5.41, 5.74) is 2.69. The summed E-state index contributed by atoms with van der Waals surface area (Å²) >= 11 is 1.53. The molecule has 0 aliphatic carbocycles. The van der Waals surface area contributed by atoms with Crippen LogP contribution in [0.15, 0.2) is 53.9 Å². The van der Waals surface area contributed by atoms with Gasteiger partial charge in [0.05, 0.1) is 43.0 Å². The molecule has 5 rings (SSSR count). The molecule has 0 spiro atoms. The maximum absolute atomic E-state index is 13.6. The van der Waals surface area contributed by atoms with Gasteiger partial charge in [0.25, 0.3) is 11.8 Å². The molecule has 0 unspecified atom stereocenters. The van der Waals surface area contributed by atoms with Crippen LogP contribution < -0.4 is 14.4 Å². The Morgan fingerprint density at radius 2 is 1.88 bits per heavy atom. The molecule has 40 heavy (non-hydrogen) atoms. The van der Waals surface area contributed by atoms with Gasteiger partial charge in [0.2, 0.25) is 5.91 Å². The average Bonchev–Trinajstić information content (AvgIpc) is 3.62.